The van der Waals surface area contributed by atoms with Gasteiger partial charge in [-0.3, -0.25) is 9.59 Å². The zero-order valence-electron chi connectivity index (χ0n) is 18.4. The molecule has 1 atom stereocenters. The number of nitrogens with zero attached hydrogens (tertiary/aromatic N) is 1. The lowest BCUT2D eigenvalue weighted by molar-refractivity contribution is -0.122. The first-order valence-corrected chi connectivity index (χ1v) is 10.8. The SMILES string of the molecule is CCCCCOC(=O)c1ccc(NC(=O)[C@H]2CC(=O)N(c3cccc(C)c3C)C2)cc1. The number of ether oxygens (including phenoxy) is 1. The predicted molar refractivity (Wildman–Crippen MR) is 121 cm³/mol. The van der Waals surface area contributed by atoms with Crippen molar-refractivity contribution in [1.82, 2.24) is 0 Å². The highest BCUT2D eigenvalue weighted by Crippen LogP contribution is 2.30. The summed E-state index contributed by atoms with van der Waals surface area (Å²) in [7, 11) is 0. The number of amides is 2. The summed E-state index contributed by atoms with van der Waals surface area (Å²) >= 11 is 0. The topological polar surface area (TPSA) is 75.7 Å². The van der Waals surface area contributed by atoms with E-state index >= 15 is 0 Å². The van der Waals surface area contributed by atoms with Crippen LogP contribution in [0, 0.1) is 19.8 Å². The van der Waals surface area contributed by atoms with Gasteiger partial charge in [0, 0.05) is 24.3 Å². The largest absolute Gasteiger partial charge is 0.462 e. The van der Waals surface area contributed by atoms with Crippen LogP contribution in [0.4, 0.5) is 11.4 Å². The Kier molecular flexibility index (Phi) is 7.45. The minimum atomic E-state index is -0.421. The van der Waals surface area contributed by atoms with Crippen molar-refractivity contribution in [1.29, 1.82) is 0 Å². The van der Waals surface area contributed by atoms with E-state index in [1.54, 1.807) is 29.2 Å². The minimum Gasteiger partial charge on any atom is -0.462 e. The van der Waals surface area contributed by atoms with Gasteiger partial charge in [-0.05, 0) is 61.7 Å². The molecule has 31 heavy (non-hydrogen) atoms. The molecule has 3 rings (SSSR count). The van der Waals surface area contributed by atoms with E-state index in [-0.39, 0.29) is 24.2 Å². The van der Waals surface area contributed by atoms with E-state index in [0.717, 1.165) is 36.1 Å². The summed E-state index contributed by atoms with van der Waals surface area (Å²) in [6.45, 7) is 6.86. The molecule has 0 aliphatic carbocycles. The van der Waals surface area contributed by atoms with Crippen molar-refractivity contribution < 1.29 is 19.1 Å². The smallest absolute Gasteiger partial charge is 0.338 e. The maximum atomic E-state index is 12.7. The van der Waals surface area contributed by atoms with Crippen molar-refractivity contribution in [2.24, 2.45) is 5.92 Å². The number of benzene rings is 2. The first-order valence-electron chi connectivity index (χ1n) is 10.8. The van der Waals surface area contributed by atoms with E-state index in [0.29, 0.717) is 24.4 Å². The number of carbonyl (C=O) groups is 3. The van der Waals surface area contributed by atoms with Crippen LogP contribution >= 0.6 is 0 Å². The second-order valence-electron chi connectivity index (χ2n) is 8.03. The van der Waals surface area contributed by atoms with E-state index in [2.05, 4.69) is 12.2 Å². The second-order valence-corrected chi connectivity index (χ2v) is 8.03. The molecule has 1 saturated heterocycles. The number of esters is 1. The van der Waals surface area contributed by atoms with Crippen molar-refractivity contribution in [2.75, 3.05) is 23.4 Å². The van der Waals surface area contributed by atoms with Crippen molar-refractivity contribution in [3.8, 4) is 0 Å². The lowest BCUT2D eigenvalue weighted by Gasteiger charge is -2.20. The van der Waals surface area contributed by atoms with E-state index in [4.69, 9.17) is 4.74 Å². The molecule has 6 heteroatoms. The van der Waals surface area contributed by atoms with Gasteiger partial charge in [0.2, 0.25) is 11.8 Å². The molecule has 0 spiro atoms. The molecule has 0 bridgehead atoms. The van der Waals surface area contributed by atoms with Gasteiger partial charge in [0.15, 0.2) is 0 Å². The third-order valence-electron chi connectivity index (χ3n) is 5.73. The molecule has 0 saturated carbocycles. The van der Waals surface area contributed by atoms with Gasteiger partial charge in [-0.15, -0.1) is 0 Å². The molecule has 0 unspecified atom stereocenters. The summed E-state index contributed by atoms with van der Waals surface area (Å²) in [5, 5.41) is 2.86. The zero-order chi connectivity index (χ0) is 22.4. The Morgan fingerprint density at radius 3 is 2.55 bits per heavy atom. The van der Waals surface area contributed by atoms with Gasteiger partial charge >= 0.3 is 5.97 Å². The lowest BCUT2D eigenvalue weighted by atomic mass is 10.1. The number of nitrogens with one attached hydrogen (secondary N) is 1. The molecular formula is C25H30N2O4. The van der Waals surface area contributed by atoms with E-state index < -0.39 is 5.92 Å². The quantitative estimate of drug-likeness (QED) is 0.497. The molecule has 164 valence electrons. The van der Waals surface area contributed by atoms with Crippen LogP contribution in [0.25, 0.3) is 0 Å². The number of carbonyl (C=O) groups excluding carboxylic acids is 3. The summed E-state index contributed by atoms with van der Waals surface area (Å²) in [5.41, 5.74) is 4.06. The molecule has 0 aromatic heterocycles. The van der Waals surface area contributed by atoms with E-state index in [1.165, 1.54) is 0 Å². The number of unbranched alkanes of at least 4 members (excludes halogenated alkanes) is 2. The molecule has 2 amide bonds. The van der Waals surface area contributed by atoms with Crippen LogP contribution in [0.3, 0.4) is 0 Å². The highest BCUT2D eigenvalue weighted by atomic mass is 16.5. The summed E-state index contributed by atoms with van der Waals surface area (Å²) in [5.74, 6) is -1.03. The number of anilines is 2. The molecule has 0 radical (unpaired) electrons. The standard InChI is InChI=1S/C25H30N2O4/c1-4-5-6-14-31-25(30)19-10-12-21(13-11-19)26-24(29)20-15-23(28)27(16-20)22-9-7-8-17(2)18(22)3/h7-13,20H,4-6,14-16H2,1-3H3,(H,26,29)/t20-/m0/s1. The van der Waals surface area contributed by atoms with Gasteiger partial charge < -0.3 is 15.0 Å². The number of hydrogen-bond acceptors (Lipinski definition) is 4. The Morgan fingerprint density at radius 1 is 1.10 bits per heavy atom. The van der Waals surface area contributed by atoms with Crippen molar-refractivity contribution in [2.45, 2.75) is 46.5 Å². The van der Waals surface area contributed by atoms with Gasteiger partial charge in [0.25, 0.3) is 0 Å². The molecule has 2 aromatic carbocycles. The molecule has 6 nitrogen and oxygen atoms in total. The molecule has 2 aromatic rings. The average Bonchev–Trinajstić information content (AvgIpc) is 3.15. The fraction of sp³-hybridized carbons (Fsp3) is 0.400. The zero-order valence-corrected chi connectivity index (χ0v) is 18.4. The van der Waals surface area contributed by atoms with Crippen LogP contribution in [0.5, 0.6) is 0 Å². The van der Waals surface area contributed by atoms with Crippen LogP contribution in [0.1, 0.15) is 54.1 Å². The molecular weight excluding hydrogens is 392 g/mol. The monoisotopic (exact) mass is 422 g/mol. The third-order valence-corrected chi connectivity index (χ3v) is 5.73. The second kappa shape index (κ2) is 10.2. The number of hydrogen-bond donors (Lipinski definition) is 1. The van der Waals surface area contributed by atoms with Gasteiger partial charge in [-0.2, -0.15) is 0 Å². The summed E-state index contributed by atoms with van der Waals surface area (Å²) in [4.78, 5) is 39.0. The highest BCUT2D eigenvalue weighted by molar-refractivity contribution is 6.04. The van der Waals surface area contributed by atoms with E-state index in [9.17, 15) is 14.4 Å². The summed E-state index contributed by atoms with van der Waals surface area (Å²) in [6.07, 6.45) is 3.14. The van der Waals surface area contributed by atoms with Gasteiger partial charge in [0.05, 0.1) is 18.1 Å². The number of aryl methyl sites for hydroxylation is 1. The van der Waals surface area contributed by atoms with Crippen molar-refractivity contribution in [3.63, 3.8) is 0 Å². The number of rotatable bonds is 8. The maximum absolute atomic E-state index is 12.7. The fourth-order valence-electron chi connectivity index (χ4n) is 3.68. The Hall–Kier alpha value is -3.15. The Bertz CT molecular complexity index is 952. The maximum Gasteiger partial charge on any atom is 0.338 e. The van der Waals surface area contributed by atoms with Crippen LogP contribution < -0.4 is 10.2 Å². The van der Waals surface area contributed by atoms with Crippen LogP contribution in [0.15, 0.2) is 42.5 Å². The normalized spacial score (nSPS) is 15.8. The van der Waals surface area contributed by atoms with Crippen LogP contribution in [-0.4, -0.2) is 30.9 Å². The molecule has 1 heterocycles. The summed E-state index contributed by atoms with van der Waals surface area (Å²) < 4.78 is 5.25. The minimum absolute atomic E-state index is 0.0463. The molecule has 1 fully saturated rings. The first kappa shape index (κ1) is 22.5. The Morgan fingerprint density at radius 2 is 1.84 bits per heavy atom. The Balaban J connectivity index is 1.57. The van der Waals surface area contributed by atoms with Gasteiger partial charge in [-0.1, -0.05) is 31.9 Å². The van der Waals surface area contributed by atoms with E-state index in [1.807, 2.05) is 32.0 Å². The Labute approximate surface area is 183 Å². The predicted octanol–water partition coefficient (Wildman–Crippen LogP) is 4.64. The van der Waals surface area contributed by atoms with Gasteiger partial charge in [0.1, 0.15) is 0 Å². The van der Waals surface area contributed by atoms with Crippen molar-refractivity contribution >= 4 is 29.2 Å². The fourth-order valence-corrected chi connectivity index (χ4v) is 3.68. The third kappa shape index (κ3) is 5.51. The van der Waals surface area contributed by atoms with Crippen LogP contribution in [-0.2, 0) is 14.3 Å². The highest BCUT2D eigenvalue weighted by Gasteiger charge is 2.35. The van der Waals surface area contributed by atoms with Crippen LogP contribution in [0.2, 0.25) is 0 Å². The molecule has 1 N–H and O–H groups in total. The summed E-state index contributed by atoms with van der Waals surface area (Å²) in [6, 6.07) is 12.5. The molecule has 1 aliphatic heterocycles. The van der Waals surface area contributed by atoms with Crippen molar-refractivity contribution in [3.05, 3.63) is 59.2 Å². The first-order chi connectivity index (χ1) is 14.9. The van der Waals surface area contributed by atoms with Gasteiger partial charge in [-0.25, -0.2) is 4.79 Å². The average molecular weight is 423 g/mol. The molecule has 1 aliphatic rings. The lowest BCUT2D eigenvalue weighted by Crippen LogP contribution is -2.28.